The van der Waals surface area contributed by atoms with Gasteiger partial charge in [-0.05, 0) is 23.8 Å². The van der Waals surface area contributed by atoms with Crippen LogP contribution >= 0.6 is 0 Å². The van der Waals surface area contributed by atoms with Crippen molar-refractivity contribution in [3.05, 3.63) is 35.9 Å². The van der Waals surface area contributed by atoms with Gasteiger partial charge in [-0.25, -0.2) is 0 Å². The summed E-state index contributed by atoms with van der Waals surface area (Å²) in [5.74, 6) is -0.128. The Morgan fingerprint density at radius 3 is 2.71 bits per heavy atom. The van der Waals surface area contributed by atoms with Gasteiger partial charge in [-0.1, -0.05) is 18.2 Å². The van der Waals surface area contributed by atoms with Crippen LogP contribution in [0.15, 0.2) is 30.3 Å². The number of carbonyl (C=O) groups excluding carboxylic acids is 2. The number of allylic oxidation sites excluding steroid dienone is 1. The topological polar surface area (TPSA) is 46.2 Å². The van der Waals surface area contributed by atoms with Crippen LogP contribution in [0.2, 0.25) is 0 Å². The highest BCUT2D eigenvalue weighted by Gasteiger charge is 1.98. The lowest BCUT2D eigenvalue weighted by atomic mass is 10.1. The van der Waals surface area contributed by atoms with Gasteiger partial charge < -0.3 is 5.32 Å². The molecule has 0 fully saturated rings. The van der Waals surface area contributed by atoms with Gasteiger partial charge in [0.05, 0.1) is 0 Å². The van der Waals surface area contributed by atoms with Crippen molar-refractivity contribution in [1.29, 1.82) is 0 Å². The Morgan fingerprint density at radius 1 is 1.36 bits per heavy atom. The molecule has 1 aromatic rings. The van der Waals surface area contributed by atoms with E-state index >= 15 is 0 Å². The number of hydrogen-bond donors (Lipinski definition) is 1. The van der Waals surface area contributed by atoms with Gasteiger partial charge in [0.25, 0.3) is 0 Å². The maximum atomic E-state index is 10.8. The molecule has 14 heavy (non-hydrogen) atoms. The van der Waals surface area contributed by atoms with E-state index in [1.54, 1.807) is 12.1 Å². The molecule has 0 saturated heterocycles. The van der Waals surface area contributed by atoms with E-state index in [1.165, 1.54) is 13.0 Å². The number of amides is 1. The van der Waals surface area contributed by atoms with Crippen LogP contribution in [0.25, 0.3) is 6.08 Å². The summed E-state index contributed by atoms with van der Waals surface area (Å²) in [6.07, 6.45) is 3.74. The molecule has 0 saturated carbocycles. The van der Waals surface area contributed by atoms with Gasteiger partial charge in [0.15, 0.2) is 0 Å². The number of anilines is 1. The summed E-state index contributed by atoms with van der Waals surface area (Å²) < 4.78 is 0. The molecule has 3 heteroatoms. The lowest BCUT2D eigenvalue weighted by molar-refractivity contribution is -0.114. The van der Waals surface area contributed by atoms with Crippen LogP contribution in [0, 0.1) is 0 Å². The van der Waals surface area contributed by atoms with Crippen molar-refractivity contribution in [2.75, 3.05) is 5.32 Å². The van der Waals surface area contributed by atoms with Crippen LogP contribution in [0.4, 0.5) is 5.69 Å². The van der Waals surface area contributed by atoms with Gasteiger partial charge in [0, 0.05) is 12.6 Å². The molecule has 0 aliphatic heterocycles. The molecule has 0 unspecified atom stereocenters. The molecular formula is C11H11NO2. The number of carbonyl (C=O) groups is 2. The molecule has 0 aliphatic carbocycles. The van der Waals surface area contributed by atoms with Crippen molar-refractivity contribution in [2.45, 2.75) is 6.92 Å². The minimum absolute atomic E-state index is 0.128. The summed E-state index contributed by atoms with van der Waals surface area (Å²) in [4.78, 5) is 21.0. The third-order valence-electron chi connectivity index (χ3n) is 1.63. The van der Waals surface area contributed by atoms with Crippen molar-refractivity contribution in [3.63, 3.8) is 0 Å². The molecule has 0 heterocycles. The van der Waals surface area contributed by atoms with Gasteiger partial charge in [0.1, 0.15) is 6.29 Å². The maximum Gasteiger partial charge on any atom is 0.221 e. The SMILES string of the molecule is CC(=O)Nc1ccccc1C=CC=O. The fraction of sp³-hybridized carbons (Fsp3) is 0.0909. The summed E-state index contributed by atoms with van der Waals surface area (Å²) >= 11 is 0. The number of hydrogen-bond acceptors (Lipinski definition) is 2. The van der Waals surface area contributed by atoms with Crippen molar-refractivity contribution in [2.24, 2.45) is 0 Å². The Labute approximate surface area is 82.4 Å². The van der Waals surface area contributed by atoms with Crippen molar-refractivity contribution < 1.29 is 9.59 Å². The minimum Gasteiger partial charge on any atom is -0.326 e. The average molecular weight is 189 g/mol. The van der Waals surface area contributed by atoms with Gasteiger partial charge in [-0.3, -0.25) is 9.59 Å². The smallest absolute Gasteiger partial charge is 0.221 e. The third kappa shape index (κ3) is 2.86. The molecule has 1 aromatic carbocycles. The summed E-state index contributed by atoms with van der Waals surface area (Å²) in [5.41, 5.74) is 1.52. The van der Waals surface area contributed by atoms with Crippen LogP contribution in [-0.4, -0.2) is 12.2 Å². The highest BCUT2D eigenvalue weighted by Crippen LogP contribution is 2.15. The molecule has 72 valence electrons. The Kier molecular flexibility index (Phi) is 3.61. The Balaban J connectivity index is 2.96. The van der Waals surface area contributed by atoms with Crippen molar-refractivity contribution in [3.8, 4) is 0 Å². The van der Waals surface area contributed by atoms with Gasteiger partial charge in [-0.15, -0.1) is 0 Å². The molecule has 0 aliphatic rings. The normalized spacial score (nSPS) is 10.1. The van der Waals surface area contributed by atoms with Crippen LogP contribution in [0.5, 0.6) is 0 Å². The molecule has 0 radical (unpaired) electrons. The zero-order valence-electron chi connectivity index (χ0n) is 7.86. The van der Waals surface area contributed by atoms with Crippen LogP contribution in [-0.2, 0) is 9.59 Å². The summed E-state index contributed by atoms with van der Waals surface area (Å²) in [6.45, 7) is 1.44. The molecule has 1 N–H and O–H groups in total. The fourth-order valence-corrected chi connectivity index (χ4v) is 1.09. The third-order valence-corrected chi connectivity index (χ3v) is 1.63. The summed E-state index contributed by atoms with van der Waals surface area (Å²) in [5, 5.41) is 2.68. The largest absolute Gasteiger partial charge is 0.326 e. The van der Waals surface area contributed by atoms with E-state index in [0.29, 0.717) is 12.0 Å². The Bertz CT molecular complexity index is 369. The summed E-state index contributed by atoms with van der Waals surface area (Å²) in [6, 6.07) is 7.27. The molecule has 0 aromatic heterocycles. The lowest BCUT2D eigenvalue weighted by Crippen LogP contribution is -2.06. The van der Waals surface area contributed by atoms with Crippen molar-refractivity contribution >= 4 is 24.0 Å². The van der Waals surface area contributed by atoms with Crippen LogP contribution in [0.3, 0.4) is 0 Å². The van der Waals surface area contributed by atoms with Crippen molar-refractivity contribution in [1.82, 2.24) is 0 Å². The van der Waals surface area contributed by atoms with Crippen LogP contribution in [0.1, 0.15) is 12.5 Å². The highest BCUT2D eigenvalue weighted by atomic mass is 16.1. The first-order chi connectivity index (χ1) is 6.74. The first-order valence-corrected chi connectivity index (χ1v) is 4.22. The number of rotatable bonds is 3. The Morgan fingerprint density at radius 2 is 2.07 bits per heavy atom. The number of nitrogens with one attached hydrogen (secondary N) is 1. The first-order valence-electron chi connectivity index (χ1n) is 4.22. The van der Waals surface area contributed by atoms with E-state index < -0.39 is 0 Å². The standard InChI is InChI=1S/C11H11NO2/c1-9(14)12-11-7-3-2-5-10(11)6-4-8-13/h2-8H,1H3,(H,12,14). The molecule has 1 rings (SSSR count). The Hall–Kier alpha value is -1.90. The maximum absolute atomic E-state index is 10.8. The first kappa shape index (κ1) is 10.2. The zero-order chi connectivity index (χ0) is 10.4. The molecule has 0 bridgehead atoms. The van der Waals surface area contributed by atoms with Gasteiger partial charge in [-0.2, -0.15) is 0 Å². The number of para-hydroxylation sites is 1. The second kappa shape index (κ2) is 4.97. The molecular weight excluding hydrogens is 178 g/mol. The highest BCUT2D eigenvalue weighted by molar-refractivity contribution is 5.91. The molecule has 0 spiro atoms. The van der Waals surface area contributed by atoms with Gasteiger partial charge >= 0.3 is 0 Å². The molecule has 1 amide bonds. The molecule has 0 atom stereocenters. The molecule has 3 nitrogen and oxygen atoms in total. The fourth-order valence-electron chi connectivity index (χ4n) is 1.09. The quantitative estimate of drug-likeness (QED) is 0.582. The van der Waals surface area contributed by atoms with E-state index in [0.717, 1.165) is 5.56 Å². The summed E-state index contributed by atoms with van der Waals surface area (Å²) in [7, 11) is 0. The van der Waals surface area contributed by atoms with Gasteiger partial charge in [0.2, 0.25) is 5.91 Å². The lowest BCUT2D eigenvalue weighted by Gasteiger charge is -2.05. The number of benzene rings is 1. The van der Waals surface area contributed by atoms with E-state index in [9.17, 15) is 9.59 Å². The van der Waals surface area contributed by atoms with E-state index in [1.807, 2.05) is 18.2 Å². The zero-order valence-corrected chi connectivity index (χ0v) is 7.86. The predicted octanol–water partition coefficient (Wildman–Crippen LogP) is 1.86. The van der Waals surface area contributed by atoms with E-state index in [-0.39, 0.29) is 5.91 Å². The predicted molar refractivity (Wildman–Crippen MR) is 55.8 cm³/mol. The number of aldehydes is 1. The average Bonchev–Trinajstić information content (AvgIpc) is 2.16. The van der Waals surface area contributed by atoms with E-state index in [4.69, 9.17) is 0 Å². The van der Waals surface area contributed by atoms with E-state index in [2.05, 4.69) is 5.32 Å². The second-order valence-corrected chi connectivity index (χ2v) is 2.76. The second-order valence-electron chi connectivity index (χ2n) is 2.76. The van der Waals surface area contributed by atoms with Crippen LogP contribution < -0.4 is 5.32 Å². The minimum atomic E-state index is -0.128. The monoisotopic (exact) mass is 189 g/mol.